The molecule has 2 aromatic rings. The maximum absolute atomic E-state index is 10.1. The van der Waals surface area contributed by atoms with E-state index in [1.165, 1.54) is 0 Å². The molecule has 0 bridgehead atoms. The minimum atomic E-state index is -0.522. The average molecular weight is 285 g/mol. The molecule has 0 fully saturated rings. The molecule has 1 atom stereocenters. The van der Waals surface area contributed by atoms with Gasteiger partial charge in [0.1, 0.15) is 0 Å². The zero-order chi connectivity index (χ0) is 13.1. The van der Waals surface area contributed by atoms with Crippen molar-refractivity contribution >= 4 is 23.2 Å². The number of halogens is 2. The summed E-state index contributed by atoms with van der Waals surface area (Å²) in [5.74, 6) is 0. The van der Waals surface area contributed by atoms with Crippen LogP contribution in [0, 0.1) is 0 Å². The first-order valence-electron chi connectivity index (χ1n) is 5.64. The molecule has 18 heavy (non-hydrogen) atoms. The number of nitrogens with zero attached hydrogens (tertiary/aromatic N) is 2. The number of benzene rings is 1. The predicted molar refractivity (Wildman–Crippen MR) is 73.1 cm³/mol. The van der Waals surface area contributed by atoms with Crippen LogP contribution in [-0.2, 0) is 19.9 Å². The van der Waals surface area contributed by atoms with Gasteiger partial charge >= 0.3 is 0 Å². The molecule has 0 saturated carbocycles. The first kappa shape index (κ1) is 13.4. The molecule has 0 saturated heterocycles. The minimum absolute atomic E-state index is 0.438. The highest BCUT2D eigenvalue weighted by Gasteiger charge is 2.13. The van der Waals surface area contributed by atoms with E-state index in [2.05, 4.69) is 5.10 Å². The van der Waals surface area contributed by atoms with Gasteiger partial charge in [0.25, 0.3) is 0 Å². The van der Waals surface area contributed by atoms with Gasteiger partial charge in [-0.15, -0.1) is 0 Å². The molecule has 5 heteroatoms. The molecular weight excluding hydrogens is 271 g/mol. The monoisotopic (exact) mass is 284 g/mol. The van der Waals surface area contributed by atoms with Gasteiger partial charge in [-0.2, -0.15) is 5.10 Å². The van der Waals surface area contributed by atoms with Crippen molar-refractivity contribution in [1.82, 2.24) is 9.78 Å². The van der Waals surface area contributed by atoms with Gasteiger partial charge in [-0.05, 0) is 23.3 Å². The second-order valence-corrected chi connectivity index (χ2v) is 5.10. The van der Waals surface area contributed by atoms with Crippen molar-refractivity contribution in [3.05, 3.63) is 51.8 Å². The SMILES string of the molecule is Cn1cc(CC(O)Cc2c(Cl)cccc2Cl)cn1. The Hall–Kier alpha value is -1.03. The Bertz CT molecular complexity index is 519. The predicted octanol–water partition coefficient (Wildman–Crippen LogP) is 2.87. The van der Waals surface area contributed by atoms with Gasteiger partial charge in [-0.3, -0.25) is 4.68 Å². The van der Waals surface area contributed by atoms with Crippen molar-refractivity contribution in [2.45, 2.75) is 18.9 Å². The lowest BCUT2D eigenvalue weighted by molar-refractivity contribution is 0.175. The van der Waals surface area contributed by atoms with Gasteiger partial charge in [0, 0.05) is 36.1 Å². The number of rotatable bonds is 4. The quantitative estimate of drug-likeness (QED) is 0.938. The fourth-order valence-electron chi connectivity index (χ4n) is 1.88. The van der Waals surface area contributed by atoms with Gasteiger partial charge in [0.2, 0.25) is 0 Å². The topological polar surface area (TPSA) is 38.0 Å². The molecule has 1 unspecified atom stereocenters. The van der Waals surface area contributed by atoms with Crippen LogP contribution >= 0.6 is 23.2 Å². The molecule has 1 N–H and O–H groups in total. The van der Waals surface area contributed by atoms with Crippen LogP contribution < -0.4 is 0 Å². The van der Waals surface area contributed by atoms with Crippen molar-refractivity contribution in [3.63, 3.8) is 0 Å². The van der Waals surface area contributed by atoms with Crippen LogP contribution in [0.1, 0.15) is 11.1 Å². The fraction of sp³-hybridized carbons (Fsp3) is 0.308. The number of aryl methyl sites for hydroxylation is 1. The van der Waals surface area contributed by atoms with Gasteiger partial charge < -0.3 is 5.11 Å². The van der Waals surface area contributed by atoms with Gasteiger partial charge in [0.15, 0.2) is 0 Å². The summed E-state index contributed by atoms with van der Waals surface area (Å²) in [6.07, 6.45) is 4.09. The molecule has 0 radical (unpaired) electrons. The van der Waals surface area contributed by atoms with Crippen LogP contribution in [0.5, 0.6) is 0 Å². The third kappa shape index (κ3) is 3.25. The standard InChI is InChI=1S/C13H14Cl2N2O/c1-17-8-9(7-16-17)5-10(18)6-11-12(14)3-2-4-13(11)15/h2-4,7-8,10,18H,5-6H2,1H3. The normalized spacial score (nSPS) is 12.7. The third-order valence-corrected chi connectivity index (χ3v) is 3.44. The lowest BCUT2D eigenvalue weighted by Crippen LogP contribution is -2.14. The summed E-state index contributed by atoms with van der Waals surface area (Å²) in [5, 5.41) is 15.3. The van der Waals surface area contributed by atoms with E-state index < -0.39 is 6.10 Å². The van der Waals surface area contributed by atoms with E-state index in [4.69, 9.17) is 23.2 Å². The number of aliphatic hydroxyl groups excluding tert-OH is 1. The smallest absolute Gasteiger partial charge is 0.0623 e. The largest absolute Gasteiger partial charge is 0.392 e. The van der Waals surface area contributed by atoms with E-state index >= 15 is 0 Å². The highest BCUT2D eigenvalue weighted by atomic mass is 35.5. The van der Waals surface area contributed by atoms with Crippen molar-refractivity contribution in [2.75, 3.05) is 0 Å². The van der Waals surface area contributed by atoms with E-state index in [0.717, 1.165) is 11.1 Å². The molecule has 3 nitrogen and oxygen atoms in total. The summed E-state index contributed by atoms with van der Waals surface area (Å²) < 4.78 is 1.71. The molecule has 0 aliphatic heterocycles. The summed E-state index contributed by atoms with van der Waals surface area (Å²) in [6.45, 7) is 0. The number of aromatic nitrogens is 2. The summed E-state index contributed by atoms with van der Waals surface area (Å²) in [7, 11) is 1.85. The zero-order valence-electron chi connectivity index (χ0n) is 9.98. The Morgan fingerprint density at radius 1 is 1.28 bits per heavy atom. The Morgan fingerprint density at radius 2 is 1.94 bits per heavy atom. The Morgan fingerprint density at radius 3 is 2.50 bits per heavy atom. The average Bonchev–Trinajstić information content (AvgIpc) is 2.69. The Kier molecular flexibility index (Phi) is 4.27. The maximum Gasteiger partial charge on any atom is 0.0623 e. The van der Waals surface area contributed by atoms with Gasteiger partial charge in [-0.1, -0.05) is 29.3 Å². The lowest BCUT2D eigenvalue weighted by Gasteiger charge is -2.12. The van der Waals surface area contributed by atoms with E-state index in [-0.39, 0.29) is 0 Å². The van der Waals surface area contributed by atoms with Gasteiger partial charge in [-0.25, -0.2) is 0 Å². The van der Waals surface area contributed by atoms with Crippen molar-refractivity contribution < 1.29 is 5.11 Å². The van der Waals surface area contributed by atoms with E-state index in [0.29, 0.717) is 22.9 Å². The van der Waals surface area contributed by atoms with E-state index in [1.54, 1.807) is 29.1 Å². The number of aliphatic hydroxyl groups is 1. The summed E-state index contributed by atoms with van der Waals surface area (Å²) in [6, 6.07) is 5.35. The van der Waals surface area contributed by atoms with Crippen LogP contribution in [0.2, 0.25) is 10.0 Å². The second kappa shape index (κ2) is 5.74. The number of hydrogen-bond donors (Lipinski definition) is 1. The maximum atomic E-state index is 10.1. The summed E-state index contributed by atoms with van der Waals surface area (Å²) in [4.78, 5) is 0. The molecule has 0 amide bonds. The molecule has 96 valence electrons. The van der Waals surface area contributed by atoms with Gasteiger partial charge in [0.05, 0.1) is 12.3 Å². The molecule has 1 aromatic carbocycles. The second-order valence-electron chi connectivity index (χ2n) is 4.28. The molecule has 1 heterocycles. The highest BCUT2D eigenvalue weighted by Crippen LogP contribution is 2.26. The van der Waals surface area contributed by atoms with Crippen molar-refractivity contribution in [2.24, 2.45) is 7.05 Å². The molecule has 0 spiro atoms. The molecule has 2 rings (SSSR count). The third-order valence-electron chi connectivity index (χ3n) is 2.73. The Balaban J connectivity index is 2.05. The zero-order valence-corrected chi connectivity index (χ0v) is 11.5. The summed E-state index contributed by atoms with van der Waals surface area (Å²) in [5.41, 5.74) is 1.78. The Labute approximate surface area is 116 Å². The minimum Gasteiger partial charge on any atom is -0.392 e. The van der Waals surface area contributed by atoms with Crippen LogP contribution in [-0.4, -0.2) is 21.0 Å². The van der Waals surface area contributed by atoms with Crippen LogP contribution in [0.3, 0.4) is 0 Å². The van der Waals surface area contributed by atoms with E-state index in [1.807, 2.05) is 13.2 Å². The molecule has 0 aliphatic carbocycles. The lowest BCUT2D eigenvalue weighted by atomic mass is 10.0. The number of hydrogen-bond acceptors (Lipinski definition) is 2. The molecule has 0 aliphatic rings. The van der Waals surface area contributed by atoms with Crippen LogP contribution in [0.4, 0.5) is 0 Å². The van der Waals surface area contributed by atoms with Crippen molar-refractivity contribution in [1.29, 1.82) is 0 Å². The molecular formula is C13H14Cl2N2O. The van der Waals surface area contributed by atoms with Crippen molar-refractivity contribution in [3.8, 4) is 0 Å². The summed E-state index contributed by atoms with van der Waals surface area (Å²) >= 11 is 12.1. The highest BCUT2D eigenvalue weighted by molar-refractivity contribution is 6.35. The van der Waals surface area contributed by atoms with Crippen LogP contribution in [0.25, 0.3) is 0 Å². The first-order valence-corrected chi connectivity index (χ1v) is 6.40. The molecule has 1 aromatic heterocycles. The fourth-order valence-corrected chi connectivity index (χ4v) is 2.44. The first-order chi connectivity index (χ1) is 8.56. The van der Waals surface area contributed by atoms with Crippen LogP contribution in [0.15, 0.2) is 30.6 Å². The van der Waals surface area contributed by atoms with E-state index in [9.17, 15) is 5.11 Å².